The van der Waals surface area contributed by atoms with Crippen LogP contribution in [0.4, 0.5) is 0 Å². The van der Waals surface area contributed by atoms with Gasteiger partial charge in [-0.15, -0.1) is 0 Å². The molecule has 0 radical (unpaired) electrons. The van der Waals surface area contributed by atoms with Crippen molar-refractivity contribution in [3.63, 3.8) is 0 Å². The van der Waals surface area contributed by atoms with Crippen molar-refractivity contribution in [3.05, 3.63) is 48.6 Å². The van der Waals surface area contributed by atoms with Gasteiger partial charge in [-0.25, -0.2) is 0 Å². The van der Waals surface area contributed by atoms with Gasteiger partial charge in [0.05, 0.1) is 24.4 Å². The Balaban J connectivity index is 0.000000149. The number of allylic oxidation sites excluding steroid dienone is 8. The van der Waals surface area contributed by atoms with Crippen LogP contribution in [-0.4, -0.2) is 36.7 Å². The van der Waals surface area contributed by atoms with Crippen molar-refractivity contribution in [1.82, 2.24) is 0 Å². The molecule has 0 aromatic rings. The van der Waals surface area contributed by atoms with E-state index in [1.807, 2.05) is 0 Å². The van der Waals surface area contributed by atoms with Gasteiger partial charge in [0.2, 0.25) is 0 Å². The third-order valence-electron chi connectivity index (χ3n) is 13.8. The molecule has 12 atom stereocenters. The minimum absolute atomic E-state index is 0.00373. The fourth-order valence-corrected chi connectivity index (χ4v) is 11.6. The summed E-state index contributed by atoms with van der Waals surface area (Å²) in [5.74, 6) is 5.08. The Morgan fingerprint density at radius 1 is 0.500 bits per heavy atom. The number of rotatable bonds is 7. The zero-order chi connectivity index (χ0) is 32.0. The van der Waals surface area contributed by atoms with E-state index in [2.05, 4.69) is 76.3 Å². The molecule has 0 aromatic heterocycles. The van der Waals surface area contributed by atoms with E-state index in [1.54, 1.807) is 0 Å². The highest BCUT2D eigenvalue weighted by atomic mass is 16.6. The molecule has 8 bridgehead atoms. The summed E-state index contributed by atoms with van der Waals surface area (Å²) in [6.07, 6.45) is 26.3. The molecule has 0 heterocycles. The highest BCUT2D eigenvalue weighted by Gasteiger charge is 2.67. The predicted molar refractivity (Wildman–Crippen MR) is 174 cm³/mol. The smallest absolute Gasteiger partial charge is 0.309 e. The van der Waals surface area contributed by atoms with Crippen LogP contribution in [0, 0.1) is 81.8 Å². The molecular weight excluding hydrogens is 576 g/mol. The first-order valence-electron chi connectivity index (χ1n) is 18.3. The van der Waals surface area contributed by atoms with Gasteiger partial charge in [-0.2, -0.15) is 0 Å². The largest absolute Gasteiger partial charge is 0.465 e. The molecule has 46 heavy (non-hydrogen) atoms. The van der Waals surface area contributed by atoms with Crippen LogP contribution in [0.1, 0.15) is 79.1 Å². The molecule has 0 saturated heterocycles. The maximum Gasteiger partial charge on any atom is 0.309 e. The van der Waals surface area contributed by atoms with Crippen LogP contribution in [0.25, 0.3) is 0 Å². The topological polar surface area (TPSA) is 78.9 Å². The van der Waals surface area contributed by atoms with Gasteiger partial charge in [-0.1, -0.05) is 76.3 Å². The lowest BCUT2D eigenvalue weighted by atomic mass is 9.51. The van der Waals surface area contributed by atoms with Crippen LogP contribution in [0.3, 0.4) is 0 Å². The average molecular weight is 629 g/mol. The molecule has 0 aromatic carbocycles. The normalized spacial score (nSPS) is 46.3. The number of hydrogen-bond acceptors (Lipinski definition) is 6. The lowest BCUT2D eigenvalue weighted by molar-refractivity contribution is -0.271. The molecule has 0 spiro atoms. The molecule has 0 aliphatic heterocycles. The van der Waals surface area contributed by atoms with E-state index in [1.165, 1.54) is 19.3 Å². The van der Waals surface area contributed by atoms with Crippen LogP contribution in [-0.2, 0) is 28.6 Å². The summed E-state index contributed by atoms with van der Waals surface area (Å²) in [6.45, 7) is 8.91. The lowest BCUT2D eigenvalue weighted by Gasteiger charge is -2.61. The predicted octanol–water partition coefficient (Wildman–Crippen LogP) is 7.25. The van der Waals surface area contributed by atoms with E-state index in [-0.39, 0.29) is 58.7 Å². The Labute approximate surface area is 274 Å². The first-order valence-corrected chi connectivity index (χ1v) is 18.3. The molecule has 6 heteroatoms. The molecule has 6 nitrogen and oxygen atoms in total. The molecule has 5 fully saturated rings. The van der Waals surface area contributed by atoms with Crippen molar-refractivity contribution < 1.29 is 28.6 Å². The Morgan fingerprint density at radius 2 is 0.870 bits per heavy atom. The third-order valence-corrected chi connectivity index (χ3v) is 13.8. The maximum absolute atomic E-state index is 12.9. The molecule has 248 valence electrons. The molecule has 12 unspecified atom stereocenters. The van der Waals surface area contributed by atoms with Crippen molar-refractivity contribution in [2.75, 3.05) is 6.61 Å². The maximum atomic E-state index is 12.9. The minimum atomic E-state index is -0.365. The third kappa shape index (κ3) is 5.15. The van der Waals surface area contributed by atoms with Crippen LogP contribution in [0.2, 0.25) is 0 Å². The van der Waals surface area contributed by atoms with Crippen molar-refractivity contribution in [2.24, 2.45) is 81.8 Å². The van der Waals surface area contributed by atoms with E-state index in [4.69, 9.17) is 14.2 Å². The van der Waals surface area contributed by atoms with Crippen molar-refractivity contribution in [2.45, 2.75) is 91.3 Å². The van der Waals surface area contributed by atoms with Gasteiger partial charge in [0, 0.05) is 10.8 Å². The van der Waals surface area contributed by atoms with Crippen LogP contribution < -0.4 is 0 Å². The number of ether oxygens (including phenoxy) is 3. The van der Waals surface area contributed by atoms with Crippen molar-refractivity contribution in [3.8, 4) is 0 Å². The van der Waals surface area contributed by atoms with E-state index in [9.17, 15) is 14.4 Å². The van der Waals surface area contributed by atoms with Crippen LogP contribution >= 0.6 is 0 Å². The summed E-state index contributed by atoms with van der Waals surface area (Å²) in [6, 6.07) is 0. The average Bonchev–Trinajstić information content (AvgIpc) is 3.89. The molecular formula is C40H52O6. The lowest BCUT2D eigenvalue weighted by Crippen LogP contribution is -2.70. The summed E-state index contributed by atoms with van der Waals surface area (Å²) in [4.78, 5) is 37.9. The molecule has 0 N–H and O–H groups in total. The van der Waals surface area contributed by atoms with E-state index < -0.39 is 0 Å². The van der Waals surface area contributed by atoms with Crippen molar-refractivity contribution in [1.29, 1.82) is 0 Å². The second-order valence-corrected chi connectivity index (χ2v) is 17.6. The fourth-order valence-electron chi connectivity index (χ4n) is 11.6. The minimum Gasteiger partial charge on any atom is -0.465 e. The molecule has 5 saturated carbocycles. The second kappa shape index (κ2) is 11.2. The van der Waals surface area contributed by atoms with Gasteiger partial charge in [-0.3, -0.25) is 14.4 Å². The fraction of sp³-hybridized carbons (Fsp3) is 0.725. The van der Waals surface area contributed by atoms with Gasteiger partial charge >= 0.3 is 17.9 Å². The van der Waals surface area contributed by atoms with Gasteiger partial charge in [0.25, 0.3) is 0 Å². The Bertz CT molecular complexity index is 1310. The van der Waals surface area contributed by atoms with E-state index in [0.717, 1.165) is 38.0 Å². The summed E-state index contributed by atoms with van der Waals surface area (Å²) >= 11 is 0. The Hall–Kier alpha value is -2.63. The number of fused-ring (bicyclic) bond motifs is 8. The second-order valence-electron chi connectivity index (χ2n) is 17.6. The van der Waals surface area contributed by atoms with E-state index in [0.29, 0.717) is 54.0 Å². The summed E-state index contributed by atoms with van der Waals surface area (Å²) in [5.41, 5.74) is -0.731. The zero-order valence-corrected chi connectivity index (χ0v) is 28.0. The van der Waals surface area contributed by atoms with Gasteiger partial charge in [0.15, 0.2) is 0 Å². The summed E-state index contributed by atoms with van der Waals surface area (Å²) in [5, 5.41) is 0. The number of carbonyl (C=O) groups excluding carboxylic acids is 3. The molecule has 9 aliphatic carbocycles. The number of carbonyl (C=O) groups is 3. The Morgan fingerprint density at radius 3 is 1.20 bits per heavy atom. The standard InChI is InChI=1S/C24H32O4.C16H20O2/c1-23(2)21(27-19(25)17-11-13-5-7-15(17)9-13)24(3,4)22(23)28-20(26)18-12-14-6-8-16(18)10-14;17-16(15-8-11-2-4-13(15)6-11)18-9-14-7-10-1-3-12(14)5-10/h5-8,13-18,21-22H,9-12H2,1-4H3;1-4,10-15H,5-9H2. The van der Waals surface area contributed by atoms with Gasteiger partial charge in [0.1, 0.15) is 12.2 Å². The summed E-state index contributed by atoms with van der Waals surface area (Å²) in [7, 11) is 0. The SMILES string of the molecule is CC1(C)C(OC(=O)C2CC3C=CC2C3)C(C)(C)C1OC(=O)C1CC2C=CC1C2.O=C(OCC1CC2C=CC1C2)C1CC2C=CC1C2. The van der Waals surface area contributed by atoms with Crippen LogP contribution in [0.15, 0.2) is 48.6 Å². The first kappa shape index (κ1) is 30.7. The highest BCUT2D eigenvalue weighted by molar-refractivity contribution is 5.76. The number of esters is 3. The first-order chi connectivity index (χ1) is 22.0. The molecule has 9 rings (SSSR count). The van der Waals surface area contributed by atoms with Crippen LogP contribution in [0.5, 0.6) is 0 Å². The van der Waals surface area contributed by atoms with Gasteiger partial charge < -0.3 is 14.2 Å². The van der Waals surface area contributed by atoms with E-state index >= 15 is 0 Å². The molecule has 9 aliphatic rings. The number of hydrogen-bond donors (Lipinski definition) is 0. The zero-order valence-electron chi connectivity index (χ0n) is 28.0. The van der Waals surface area contributed by atoms with Gasteiger partial charge in [-0.05, 0) is 105 Å². The van der Waals surface area contributed by atoms with Crippen molar-refractivity contribution >= 4 is 17.9 Å². The monoisotopic (exact) mass is 628 g/mol. The molecule has 0 amide bonds. The quantitative estimate of drug-likeness (QED) is 0.168. The Kier molecular flexibility index (Phi) is 7.49. The summed E-state index contributed by atoms with van der Waals surface area (Å²) < 4.78 is 17.7. The highest BCUT2D eigenvalue weighted by Crippen LogP contribution is 2.59.